The lowest BCUT2D eigenvalue weighted by molar-refractivity contribution is -0.137. The normalized spacial score (nSPS) is 17.5. The number of halogens is 4. The van der Waals surface area contributed by atoms with Crippen molar-refractivity contribution >= 4 is 34.3 Å². The number of rotatable bonds is 3. The molecule has 3 heterocycles. The molecule has 0 spiro atoms. The molecular formula is C20H18ClF3N4O2. The molecule has 0 bridgehead atoms. The molecule has 0 aliphatic carbocycles. The fraction of sp³-hybridized carbons (Fsp3) is 0.350. The number of hydrogen-bond donors (Lipinski definition) is 1. The average Bonchev–Trinajstić information content (AvgIpc) is 3.03. The number of pyridine rings is 1. The van der Waals surface area contributed by atoms with Crippen molar-refractivity contribution in [2.24, 2.45) is 7.05 Å². The first-order valence-electron chi connectivity index (χ1n) is 9.33. The number of carbonyl (C=O) groups is 1. The molecule has 1 N–H and O–H groups in total. The Hall–Kier alpha value is -2.81. The van der Waals surface area contributed by atoms with Crippen LogP contribution < -0.4 is 4.90 Å². The lowest BCUT2D eigenvalue weighted by Crippen LogP contribution is -2.35. The zero-order valence-electron chi connectivity index (χ0n) is 15.9. The topological polar surface area (TPSA) is 71.2 Å². The minimum Gasteiger partial charge on any atom is -0.478 e. The van der Waals surface area contributed by atoms with Gasteiger partial charge in [0.25, 0.3) is 0 Å². The van der Waals surface area contributed by atoms with Gasteiger partial charge < -0.3 is 10.0 Å². The van der Waals surface area contributed by atoms with Gasteiger partial charge in [-0.2, -0.15) is 18.3 Å². The lowest BCUT2D eigenvalue weighted by atomic mass is 9.92. The van der Waals surface area contributed by atoms with Gasteiger partial charge in [-0.25, -0.2) is 9.78 Å². The van der Waals surface area contributed by atoms with Crippen LogP contribution in [0.5, 0.6) is 0 Å². The van der Waals surface area contributed by atoms with Gasteiger partial charge in [0.2, 0.25) is 0 Å². The van der Waals surface area contributed by atoms with Crippen molar-refractivity contribution in [3.05, 3.63) is 52.3 Å². The van der Waals surface area contributed by atoms with Gasteiger partial charge in [-0.1, -0.05) is 17.7 Å². The number of alkyl halides is 3. The van der Waals surface area contributed by atoms with Gasteiger partial charge in [-0.3, -0.25) is 4.68 Å². The Bertz CT molecular complexity index is 1130. The second kappa shape index (κ2) is 7.46. The zero-order valence-corrected chi connectivity index (χ0v) is 16.7. The van der Waals surface area contributed by atoms with E-state index in [0.717, 1.165) is 36.2 Å². The number of aromatic carboxylic acids is 1. The Morgan fingerprint density at radius 2 is 2.07 bits per heavy atom. The Morgan fingerprint density at radius 3 is 2.73 bits per heavy atom. The molecule has 1 atom stereocenters. The van der Waals surface area contributed by atoms with Crippen LogP contribution in [-0.4, -0.2) is 38.9 Å². The summed E-state index contributed by atoms with van der Waals surface area (Å²) in [5, 5.41) is 14.6. The number of piperidine rings is 1. The van der Waals surface area contributed by atoms with E-state index in [2.05, 4.69) is 10.1 Å². The minimum atomic E-state index is -4.50. The summed E-state index contributed by atoms with van der Waals surface area (Å²) in [6.07, 6.45) is -2.05. The molecule has 4 rings (SSSR count). The number of hydrogen-bond acceptors (Lipinski definition) is 4. The Morgan fingerprint density at radius 1 is 1.30 bits per heavy atom. The molecule has 1 aliphatic heterocycles. The maximum Gasteiger partial charge on any atom is 0.417 e. The predicted molar refractivity (Wildman–Crippen MR) is 106 cm³/mol. The molecule has 30 heavy (non-hydrogen) atoms. The molecule has 158 valence electrons. The quantitative estimate of drug-likeness (QED) is 0.640. The van der Waals surface area contributed by atoms with Crippen LogP contribution in [0.15, 0.2) is 30.5 Å². The summed E-state index contributed by atoms with van der Waals surface area (Å²) in [7, 11) is 1.76. The smallest absolute Gasteiger partial charge is 0.417 e. The summed E-state index contributed by atoms with van der Waals surface area (Å²) in [5.41, 5.74) is 0.850. The second-order valence-corrected chi connectivity index (χ2v) is 7.77. The molecular weight excluding hydrogens is 421 g/mol. The molecule has 0 saturated carbocycles. The highest BCUT2D eigenvalue weighted by molar-refractivity contribution is 6.33. The van der Waals surface area contributed by atoms with E-state index < -0.39 is 17.7 Å². The van der Waals surface area contributed by atoms with Crippen LogP contribution >= 0.6 is 11.6 Å². The highest BCUT2D eigenvalue weighted by Gasteiger charge is 2.33. The van der Waals surface area contributed by atoms with Crippen molar-refractivity contribution in [1.29, 1.82) is 0 Å². The van der Waals surface area contributed by atoms with Crippen LogP contribution in [0.2, 0.25) is 5.02 Å². The van der Waals surface area contributed by atoms with Crippen molar-refractivity contribution in [3.63, 3.8) is 0 Å². The molecule has 1 fully saturated rings. The van der Waals surface area contributed by atoms with Gasteiger partial charge in [0.05, 0.1) is 27.4 Å². The molecule has 1 unspecified atom stereocenters. The summed E-state index contributed by atoms with van der Waals surface area (Å²) < 4.78 is 40.3. The Labute approximate surface area is 174 Å². The first-order chi connectivity index (χ1) is 14.1. The van der Waals surface area contributed by atoms with Crippen LogP contribution in [0, 0.1) is 0 Å². The van der Waals surface area contributed by atoms with Gasteiger partial charge >= 0.3 is 12.1 Å². The van der Waals surface area contributed by atoms with E-state index >= 15 is 0 Å². The molecule has 1 aromatic carbocycles. The van der Waals surface area contributed by atoms with Gasteiger partial charge in [-0.15, -0.1) is 0 Å². The Kier molecular flexibility index (Phi) is 5.09. The van der Waals surface area contributed by atoms with Gasteiger partial charge in [-0.05, 0) is 31.0 Å². The molecule has 1 aliphatic rings. The number of nitrogens with zero attached hydrogens (tertiary/aromatic N) is 4. The number of benzene rings is 1. The molecule has 3 aromatic rings. The largest absolute Gasteiger partial charge is 0.478 e. The van der Waals surface area contributed by atoms with Crippen molar-refractivity contribution in [2.45, 2.75) is 24.9 Å². The standard InChI is InChI=1S/C20H18ClF3N4O2/c1-27-16-7-11(19(29)30)4-5-14(16)17(26-27)12-3-2-6-28(10-12)18-15(21)8-13(9-25-18)20(22,23)24/h4-5,7-9,12H,2-3,6,10H2,1H3,(H,29,30). The second-order valence-electron chi connectivity index (χ2n) is 7.36. The third kappa shape index (κ3) is 3.69. The van der Waals surface area contributed by atoms with Crippen molar-refractivity contribution in [3.8, 4) is 0 Å². The van der Waals surface area contributed by atoms with Crippen molar-refractivity contribution in [1.82, 2.24) is 14.8 Å². The highest BCUT2D eigenvalue weighted by atomic mass is 35.5. The molecule has 2 aromatic heterocycles. The SMILES string of the molecule is Cn1nc(C2CCCN(c3ncc(C(F)(F)F)cc3Cl)C2)c2ccc(C(=O)O)cc21. The van der Waals surface area contributed by atoms with E-state index in [1.54, 1.807) is 29.9 Å². The first kappa shape index (κ1) is 20.5. The maximum absolute atomic E-state index is 12.9. The Balaban J connectivity index is 1.64. The number of anilines is 1. The summed E-state index contributed by atoms with van der Waals surface area (Å²) in [6.45, 7) is 1.13. The van der Waals surface area contributed by atoms with E-state index in [0.29, 0.717) is 24.4 Å². The van der Waals surface area contributed by atoms with E-state index in [-0.39, 0.29) is 16.5 Å². The van der Waals surface area contributed by atoms with Crippen molar-refractivity contribution in [2.75, 3.05) is 18.0 Å². The van der Waals surface area contributed by atoms with Gasteiger partial charge in [0.1, 0.15) is 5.82 Å². The minimum absolute atomic E-state index is 0.0123. The number of carboxylic acid groups (broad SMARTS) is 1. The maximum atomic E-state index is 12.9. The van der Waals surface area contributed by atoms with E-state index in [1.807, 2.05) is 4.90 Å². The van der Waals surface area contributed by atoms with Crippen LogP contribution in [0.1, 0.15) is 40.4 Å². The summed E-state index contributed by atoms with van der Waals surface area (Å²) in [6, 6.07) is 5.79. The summed E-state index contributed by atoms with van der Waals surface area (Å²) >= 11 is 6.13. The molecule has 0 amide bonds. The fourth-order valence-electron chi connectivity index (χ4n) is 3.93. The third-order valence-electron chi connectivity index (χ3n) is 5.38. The molecule has 10 heteroatoms. The summed E-state index contributed by atoms with van der Waals surface area (Å²) in [4.78, 5) is 17.1. The van der Waals surface area contributed by atoms with Crippen molar-refractivity contribution < 1.29 is 23.1 Å². The fourth-order valence-corrected chi connectivity index (χ4v) is 4.22. The third-order valence-corrected chi connectivity index (χ3v) is 5.66. The number of aromatic nitrogens is 3. The lowest BCUT2D eigenvalue weighted by Gasteiger charge is -2.33. The summed E-state index contributed by atoms with van der Waals surface area (Å²) in [5.74, 6) is -0.674. The average molecular weight is 439 g/mol. The predicted octanol–water partition coefficient (Wildman–Crippen LogP) is 4.72. The van der Waals surface area contributed by atoms with E-state index in [9.17, 15) is 23.1 Å². The zero-order chi connectivity index (χ0) is 21.6. The molecule has 6 nitrogen and oxygen atoms in total. The first-order valence-corrected chi connectivity index (χ1v) is 9.70. The van der Waals surface area contributed by atoms with E-state index in [1.165, 1.54) is 0 Å². The van der Waals surface area contributed by atoms with Gasteiger partial charge in [0.15, 0.2) is 0 Å². The molecule has 1 saturated heterocycles. The number of carboxylic acids is 1. The monoisotopic (exact) mass is 438 g/mol. The number of fused-ring (bicyclic) bond motifs is 1. The van der Waals surface area contributed by atoms with Crippen LogP contribution in [0.25, 0.3) is 10.9 Å². The number of aryl methyl sites for hydroxylation is 1. The van der Waals surface area contributed by atoms with Crippen LogP contribution in [0.4, 0.5) is 19.0 Å². The van der Waals surface area contributed by atoms with Crippen LogP contribution in [0.3, 0.4) is 0 Å². The molecule has 0 radical (unpaired) electrons. The van der Waals surface area contributed by atoms with Crippen LogP contribution in [-0.2, 0) is 13.2 Å². The van der Waals surface area contributed by atoms with Gasteiger partial charge in [0, 0.05) is 37.6 Å². The highest BCUT2D eigenvalue weighted by Crippen LogP contribution is 2.37. The van der Waals surface area contributed by atoms with E-state index in [4.69, 9.17) is 11.6 Å².